The van der Waals surface area contributed by atoms with Gasteiger partial charge < -0.3 is 10.6 Å². The molecule has 1 aliphatic rings. The summed E-state index contributed by atoms with van der Waals surface area (Å²) < 4.78 is 13.9. The van der Waals surface area contributed by atoms with Crippen LogP contribution in [0.5, 0.6) is 0 Å². The van der Waals surface area contributed by atoms with Crippen LogP contribution >= 0.6 is 22.7 Å². The Morgan fingerprint density at radius 1 is 1.15 bits per heavy atom. The Balaban J connectivity index is 1.50. The summed E-state index contributed by atoms with van der Waals surface area (Å²) in [6, 6.07) is 8.23. The number of carbonyl (C=O) groups excluding carboxylic acids is 2. The predicted octanol–water partition coefficient (Wildman–Crippen LogP) is 4.16. The highest BCUT2D eigenvalue weighted by atomic mass is 32.1. The van der Waals surface area contributed by atoms with Gasteiger partial charge in [-0.1, -0.05) is 12.1 Å². The van der Waals surface area contributed by atoms with Gasteiger partial charge in [0.15, 0.2) is 0 Å². The topological polar surface area (TPSA) is 71.1 Å². The van der Waals surface area contributed by atoms with E-state index in [4.69, 9.17) is 0 Å². The summed E-state index contributed by atoms with van der Waals surface area (Å²) in [4.78, 5) is 29.2. The molecule has 3 aromatic rings. The highest BCUT2D eigenvalue weighted by molar-refractivity contribution is 7.17. The number of hydrogen-bond donors (Lipinski definition) is 2. The molecule has 0 aliphatic heterocycles. The third-order valence-electron chi connectivity index (χ3n) is 3.88. The van der Waals surface area contributed by atoms with Crippen LogP contribution in [0.25, 0.3) is 10.6 Å². The minimum atomic E-state index is -0.383. The Bertz CT molecular complexity index is 978. The fraction of sp³-hybridized carbons (Fsp3) is 0.167. The first-order chi connectivity index (χ1) is 12.6. The van der Waals surface area contributed by atoms with Crippen molar-refractivity contribution >= 4 is 39.5 Å². The molecule has 26 heavy (non-hydrogen) atoms. The maximum absolute atomic E-state index is 13.9. The molecule has 0 saturated heterocycles. The molecule has 0 unspecified atom stereocenters. The summed E-state index contributed by atoms with van der Waals surface area (Å²) >= 11 is 2.39. The lowest BCUT2D eigenvalue weighted by Crippen LogP contribution is -2.26. The van der Waals surface area contributed by atoms with Crippen molar-refractivity contribution < 1.29 is 14.0 Å². The summed E-state index contributed by atoms with van der Waals surface area (Å²) in [7, 11) is 0. The molecule has 1 aromatic carbocycles. The third kappa shape index (κ3) is 3.51. The minimum absolute atomic E-state index is 0.180. The second kappa shape index (κ2) is 6.97. The SMILES string of the molecule is O=C(Nc1sccc1C(=O)NC1CC1)c1cnc(-c2ccccc2F)s1. The molecule has 1 aliphatic carbocycles. The molecule has 132 valence electrons. The summed E-state index contributed by atoms with van der Waals surface area (Å²) in [6.07, 6.45) is 3.41. The molecular formula is C18H14FN3O2S2. The summed E-state index contributed by atoms with van der Waals surface area (Å²) in [5.41, 5.74) is 0.811. The molecule has 0 bridgehead atoms. The molecule has 2 N–H and O–H groups in total. The van der Waals surface area contributed by atoms with Crippen LogP contribution in [0, 0.1) is 5.82 Å². The number of benzene rings is 1. The Morgan fingerprint density at radius 3 is 2.73 bits per heavy atom. The minimum Gasteiger partial charge on any atom is -0.349 e. The number of nitrogens with zero attached hydrogens (tertiary/aromatic N) is 1. The molecule has 4 rings (SSSR count). The molecule has 0 radical (unpaired) electrons. The van der Waals surface area contributed by atoms with E-state index in [1.54, 1.807) is 29.6 Å². The molecule has 1 fully saturated rings. The van der Waals surface area contributed by atoms with Gasteiger partial charge in [0.05, 0.1) is 11.8 Å². The van der Waals surface area contributed by atoms with E-state index in [1.165, 1.54) is 23.6 Å². The fourth-order valence-corrected chi connectivity index (χ4v) is 4.00. The van der Waals surface area contributed by atoms with E-state index < -0.39 is 0 Å². The van der Waals surface area contributed by atoms with E-state index >= 15 is 0 Å². The Labute approximate surface area is 156 Å². The second-order valence-corrected chi connectivity index (χ2v) is 7.82. The van der Waals surface area contributed by atoms with Crippen LogP contribution in [0.2, 0.25) is 0 Å². The summed E-state index contributed by atoms with van der Waals surface area (Å²) in [5.74, 6) is -0.931. The van der Waals surface area contributed by atoms with Gasteiger partial charge >= 0.3 is 0 Å². The van der Waals surface area contributed by atoms with Gasteiger partial charge in [0.25, 0.3) is 11.8 Å². The van der Waals surface area contributed by atoms with E-state index in [2.05, 4.69) is 15.6 Å². The number of aromatic nitrogens is 1. The number of nitrogens with one attached hydrogen (secondary N) is 2. The van der Waals surface area contributed by atoms with E-state index in [1.807, 2.05) is 0 Å². The van der Waals surface area contributed by atoms with Crippen molar-refractivity contribution in [3.8, 4) is 10.6 Å². The predicted molar refractivity (Wildman–Crippen MR) is 100 cm³/mol. The number of rotatable bonds is 5. The van der Waals surface area contributed by atoms with Crippen LogP contribution in [0.4, 0.5) is 9.39 Å². The van der Waals surface area contributed by atoms with Gasteiger partial charge in [0, 0.05) is 11.6 Å². The van der Waals surface area contributed by atoms with Gasteiger partial charge in [-0.3, -0.25) is 9.59 Å². The highest BCUT2D eigenvalue weighted by Crippen LogP contribution is 2.29. The average molecular weight is 387 g/mol. The monoisotopic (exact) mass is 387 g/mol. The number of thiophene rings is 1. The van der Waals surface area contributed by atoms with Gasteiger partial charge in [0.2, 0.25) is 0 Å². The molecule has 0 spiro atoms. The van der Waals surface area contributed by atoms with Gasteiger partial charge in [0.1, 0.15) is 20.7 Å². The Hall–Kier alpha value is -2.58. The van der Waals surface area contributed by atoms with Crippen molar-refractivity contribution in [2.75, 3.05) is 5.32 Å². The zero-order valence-electron chi connectivity index (χ0n) is 13.5. The van der Waals surface area contributed by atoms with Gasteiger partial charge in [-0.25, -0.2) is 9.37 Å². The number of anilines is 1. The quantitative estimate of drug-likeness (QED) is 0.691. The summed E-state index contributed by atoms with van der Waals surface area (Å²) in [5, 5.41) is 8.35. The third-order valence-corrected chi connectivity index (χ3v) is 5.74. The molecule has 8 heteroatoms. The standard InChI is InChI=1S/C18H14FN3O2S2/c19-13-4-2-1-3-11(13)17-20-9-14(26-17)16(24)22-18-12(7-8-25-18)15(23)21-10-5-6-10/h1-4,7-10H,5-6H2,(H,21,23)(H,22,24). The molecule has 2 aromatic heterocycles. The van der Waals surface area contributed by atoms with Gasteiger partial charge in [-0.2, -0.15) is 0 Å². The zero-order chi connectivity index (χ0) is 18.1. The van der Waals surface area contributed by atoms with Crippen LogP contribution in [-0.2, 0) is 0 Å². The normalized spacial score (nSPS) is 13.4. The number of amides is 2. The summed E-state index contributed by atoms with van der Waals surface area (Å²) in [6.45, 7) is 0. The number of thiazole rings is 1. The van der Waals surface area contributed by atoms with E-state index in [0.29, 0.717) is 26.0 Å². The first-order valence-corrected chi connectivity index (χ1v) is 9.72. The zero-order valence-corrected chi connectivity index (χ0v) is 15.1. The smallest absolute Gasteiger partial charge is 0.268 e. The van der Waals surface area contributed by atoms with Crippen molar-refractivity contribution in [1.29, 1.82) is 0 Å². The van der Waals surface area contributed by atoms with E-state index in [-0.39, 0.29) is 23.7 Å². The fourth-order valence-electron chi connectivity index (χ4n) is 2.38. The largest absolute Gasteiger partial charge is 0.349 e. The van der Waals surface area contributed by atoms with E-state index in [0.717, 1.165) is 24.2 Å². The number of halogens is 1. The molecule has 0 atom stereocenters. The molecule has 5 nitrogen and oxygen atoms in total. The number of hydrogen-bond acceptors (Lipinski definition) is 5. The maximum atomic E-state index is 13.9. The van der Waals surface area contributed by atoms with Gasteiger partial charge in [-0.05, 0) is 36.4 Å². The second-order valence-electron chi connectivity index (χ2n) is 5.87. The Kier molecular flexibility index (Phi) is 4.52. The van der Waals surface area contributed by atoms with Crippen molar-refractivity contribution in [1.82, 2.24) is 10.3 Å². The van der Waals surface area contributed by atoms with Gasteiger partial charge in [-0.15, -0.1) is 22.7 Å². The maximum Gasteiger partial charge on any atom is 0.268 e. The van der Waals surface area contributed by atoms with Crippen molar-refractivity contribution in [2.24, 2.45) is 0 Å². The van der Waals surface area contributed by atoms with Crippen LogP contribution in [0.15, 0.2) is 41.9 Å². The van der Waals surface area contributed by atoms with Crippen molar-refractivity contribution in [3.63, 3.8) is 0 Å². The molecule has 2 heterocycles. The molecule has 1 saturated carbocycles. The molecular weight excluding hydrogens is 373 g/mol. The van der Waals surface area contributed by atoms with Crippen molar-refractivity contribution in [3.05, 3.63) is 58.2 Å². The van der Waals surface area contributed by atoms with Crippen molar-refractivity contribution in [2.45, 2.75) is 18.9 Å². The first kappa shape index (κ1) is 16.9. The highest BCUT2D eigenvalue weighted by Gasteiger charge is 2.26. The van der Waals surface area contributed by atoms with Crippen LogP contribution < -0.4 is 10.6 Å². The lowest BCUT2D eigenvalue weighted by molar-refractivity contribution is 0.0952. The van der Waals surface area contributed by atoms with Crippen LogP contribution in [-0.4, -0.2) is 22.8 Å². The van der Waals surface area contributed by atoms with Crippen LogP contribution in [0.3, 0.4) is 0 Å². The lowest BCUT2D eigenvalue weighted by Gasteiger charge is -2.05. The van der Waals surface area contributed by atoms with Crippen LogP contribution in [0.1, 0.15) is 32.9 Å². The Morgan fingerprint density at radius 2 is 1.96 bits per heavy atom. The number of carbonyl (C=O) groups is 2. The van der Waals surface area contributed by atoms with E-state index in [9.17, 15) is 14.0 Å². The lowest BCUT2D eigenvalue weighted by atomic mass is 10.2. The first-order valence-electron chi connectivity index (χ1n) is 8.02. The average Bonchev–Trinajstić information content (AvgIpc) is 3.11. The molecule has 2 amide bonds.